The zero-order valence-electron chi connectivity index (χ0n) is 9.88. The predicted molar refractivity (Wildman–Crippen MR) is 55.8 cm³/mol. The van der Waals surface area contributed by atoms with Gasteiger partial charge in [-0.1, -0.05) is 6.92 Å². The maximum absolute atomic E-state index is 11.7. The number of hydrogen-bond acceptors (Lipinski definition) is 4. The van der Waals surface area contributed by atoms with Crippen LogP contribution in [0.1, 0.15) is 49.8 Å². The molecule has 0 N–H and O–H groups in total. The molecule has 1 rings (SSSR count). The minimum Gasteiger partial charge on any atom is -0.455 e. The molecule has 0 radical (unpaired) electrons. The molecule has 15 heavy (non-hydrogen) atoms. The lowest BCUT2D eigenvalue weighted by atomic mass is 10.2. The fourth-order valence-corrected chi connectivity index (χ4v) is 1.19. The largest absolute Gasteiger partial charge is 0.455 e. The lowest BCUT2D eigenvalue weighted by Crippen LogP contribution is -2.24. The monoisotopic (exact) mass is 211 g/mol. The molecule has 4 heteroatoms. The Hall–Kier alpha value is -1.32. The van der Waals surface area contributed by atoms with Gasteiger partial charge < -0.3 is 9.15 Å². The summed E-state index contributed by atoms with van der Waals surface area (Å²) >= 11 is 0. The molecule has 0 fully saturated rings. The Morgan fingerprint density at radius 1 is 1.47 bits per heavy atom. The zero-order chi connectivity index (χ0) is 11.6. The molecule has 0 amide bonds. The molecule has 0 atom stereocenters. The van der Waals surface area contributed by atoms with Gasteiger partial charge in [0, 0.05) is 13.3 Å². The van der Waals surface area contributed by atoms with Crippen molar-refractivity contribution in [1.29, 1.82) is 0 Å². The highest BCUT2D eigenvalue weighted by Crippen LogP contribution is 2.16. The van der Waals surface area contributed by atoms with Crippen LogP contribution in [-0.4, -0.2) is 16.6 Å². The van der Waals surface area contributed by atoms with Crippen LogP contribution in [0.4, 0.5) is 0 Å². The second-order valence-electron chi connectivity index (χ2n) is 4.36. The third-order valence-electron chi connectivity index (χ3n) is 1.72. The van der Waals surface area contributed by atoms with Crippen LogP contribution < -0.4 is 0 Å². The Morgan fingerprint density at radius 2 is 2.07 bits per heavy atom. The third-order valence-corrected chi connectivity index (χ3v) is 1.72. The van der Waals surface area contributed by atoms with Crippen molar-refractivity contribution in [2.75, 3.05) is 0 Å². The Bertz CT molecular complexity index is 360. The molecule has 0 aliphatic heterocycles. The van der Waals surface area contributed by atoms with Gasteiger partial charge >= 0.3 is 5.97 Å². The van der Waals surface area contributed by atoms with Gasteiger partial charge in [0.25, 0.3) is 0 Å². The number of carbonyl (C=O) groups excluding carboxylic acids is 1. The van der Waals surface area contributed by atoms with Crippen LogP contribution in [0.3, 0.4) is 0 Å². The number of aromatic nitrogens is 1. The molecule has 0 unspecified atom stereocenters. The van der Waals surface area contributed by atoms with Crippen LogP contribution in [0.2, 0.25) is 0 Å². The van der Waals surface area contributed by atoms with E-state index < -0.39 is 11.6 Å². The van der Waals surface area contributed by atoms with Crippen LogP contribution in [0, 0.1) is 6.92 Å². The van der Waals surface area contributed by atoms with Gasteiger partial charge in [0.05, 0.1) is 0 Å². The molecule has 0 bridgehead atoms. The summed E-state index contributed by atoms with van der Waals surface area (Å²) in [6, 6.07) is 0. The number of carbonyl (C=O) groups is 1. The van der Waals surface area contributed by atoms with Crippen molar-refractivity contribution in [1.82, 2.24) is 4.98 Å². The first-order chi connectivity index (χ1) is 6.83. The number of rotatable bonds is 2. The van der Waals surface area contributed by atoms with Crippen molar-refractivity contribution in [3.05, 3.63) is 17.3 Å². The molecule has 0 saturated carbocycles. The molecule has 1 aromatic heterocycles. The number of ether oxygens (including phenoxy) is 1. The highest BCUT2D eigenvalue weighted by Gasteiger charge is 2.23. The lowest BCUT2D eigenvalue weighted by molar-refractivity contribution is 0.00613. The number of oxazole rings is 1. The summed E-state index contributed by atoms with van der Waals surface area (Å²) in [7, 11) is 0. The highest BCUT2D eigenvalue weighted by molar-refractivity contribution is 5.88. The molecular formula is C11H17NO3. The number of aryl methyl sites for hydroxylation is 2. The van der Waals surface area contributed by atoms with E-state index in [0.29, 0.717) is 23.8 Å². The van der Waals surface area contributed by atoms with Gasteiger partial charge in [0.1, 0.15) is 11.4 Å². The summed E-state index contributed by atoms with van der Waals surface area (Å²) in [6.07, 6.45) is 0.634. The standard InChI is InChI=1S/C11H17NO3/c1-6-8-9(12-7(2)14-8)10(13)15-11(3,4)5/h6H2,1-5H3. The van der Waals surface area contributed by atoms with Crippen molar-refractivity contribution in [2.45, 2.75) is 46.6 Å². The van der Waals surface area contributed by atoms with E-state index in [2.05, 4.69) is 4.98 Å². The Morgan fingerprint density at radius 3 is 2.53 bits per heavy atom. The molecule has 0 aliphatic carbocycles. The van der Waals surface area contributed by atoms with Crippen molar-refractivity contribution >= 4 is 5.97 Å². The molecular weight excluding hydrogens is 194 g/mol. The fourth-order valence-electron chi connectivity index (χ4n) is 1.19. The van der Waals surface area contributed by atoms with Crippen LogP contribution >= 0.6 is 0 Å². The normalized spacial score (nSPS) is 11.5. The first-order valence-corrected chi connectivity index (χ1v) is 5.03. The number of nitrogens with zero attached hydrogens (tertiary/aromatic N) is 1. The van der Waals surface area contributed by atoms with Gasteiger partial charge in [-0.15, -0.1) is 0 Å². The summed E-state index contributed by atoms with van der Waals surface area (Å²) in [5.41, 5.74) is -0.209. The minimum absolute atomic E-state index is 0.296. The van der Waals surface area contributed by atoms with E-state index in [1.807, 2.05) is 27.7 Å². The summed E-state index contributed by atoms with van der Waals surface area (Å²) in [6.45, 7) is 9.09. The highest BCUT2D eigenvalue weighted by atomic mass is 16.6. The molecule has 0 saturated heterocycles. The van der Waals surface area contributed by atoms with Crippen molar-refractivity contribution < 1.29 is 13.9 Å². The SMILES string of the molecule is CCc1oc(C)nc1C(=O)OC(C)(C)C. The van der Waals surface area contributed by atoms with Crippen LogP contribution in [0.25, 0.3) is 0 Å². The molecule has 0 spiro atoms. The van der Waals surface area contributed by atoms with Crippen molar-refractivity contribution in [3.63, 3.8) is 0 Å². The van der Waals surface area contributed by atoms with E-state index >= 15 is 0 Å². The van der Waals surface area contributed by atoms with Gasteiger partial charge in [-0.3, -0.25) is 0 Å². The number of esters is 1. The van der Waals surface area contributed by atoms with Gasteiger partial charge in [-0.25, -0.2) is 9.78 Å². The molecule has 84 valence electrons. The van der Waals surface area contributed by atoms with Crippen molar-refractivity contribution in [3.8, 4) is 0 Å². The first kappa shape index (κ1) is 11.8. The third kappa shape index (κ3) is 3.08. The zero-order valence-corrected chi connectivity index (χ0v) is 9.88. The second-order valence-corrected chi connectivity index (χ2v) is 4.36. The molecule has 1 aromatic rings. The van der Waals surface area contributed by atoms with E-state index in [0.717, 1.165) is 0 Å². The maximum atomic E-state index is 11.7. The van der Waals surface area contributed by atoms with Crippen LogP contribution in [0.5, 0.6) is 0 Å². The van der Waals surface area contributed by atoms with Crippen molar-refractivity contribution in [2.24, 2.45) is 0 Å². The topological polar surface area (TPSA) is 52.3 Å². The fraction of sp³-hybridized carbons (Fsp3) is 0.636. The first-order valence-electron chi connectivity index (χ1n) is 5.03. The van der Waals surface area contributed by atoms with E-state index in [-0.39, 0.29) is 0 Å². The van der Waals surface area contributed by atoms with Gasteiger partial charge in [-0.2, -0.15) is 0 Å². The smallest absolute Gasteiger partial charge is 0.361 e. The quantitative estimate of drug-likeness (QED) is 0.705. The van der Waals surface area contributed by atoms with Gasteiger partial charge in [0.2, 0.25) is 0 Å². The van der Waals surface area contributed by atoms with E-state index in [9.17, 15) is 4.79 Å². The van der Waals surface area contributed by atoms with Crippen LogP contribution in [-0.2, 0) is 11.2 Å². The number of hydrogen-bond donors (Lipinski definition) is 0. The summed E-state index contributed by atoms with van der Waals surface area (Å²) in [4.78, 5) is 15.7. The summed E-state index contributed by atoms with van der Waals surface area (Å²) < 4.78 is 10.5. The average molecular weight is 211 g/mol. The Balaban J connectivity index is 2.91. The average Bonchev–Trinajstić information content (AvgIpc) is 2.43. The van der Waals surface area contributed by atoms with E-state index in [4.69, 9.17) is 9.15 Å². The van der Waals surface area contributed by atoms with Gasteiger partial charge in [0.15, 0.2) is 11.6 Å². The van der Waals surface area contributed by atoms with E-state index in [1.165, 1.54) is 0 Å². The second kappa shape index (κ2) is 4.04. The lowest BCUT2D eigenvalue weighted by Gasteiger charge is -2.18. The maximum Gasteiger partial charge on any atom is 0.361 e. The summed E-state index contributed by atoms with van der Waals surface area (Å²) in [5, 5.41) is 0. The Kier molecular flexibility index (Phi) is 3.17. The molecule has 1 heterocycles. The predicted octanol–water partition coefficient (Wildman–Crippen LogP) is 2.50. The van der Waals surface area contributed by atoms with Gasteiger partial charge in [-0.05, 0) is 20.8 Å². The van der Waals surface area contributed by atoms with E-state index in [1.54, 1.807) is 6.92 Å². The minimum atomic E-state index is -0.505. The van der Waals surface area contributed by atoms with Crippen LogP contribution in [0.15, 0.2) is 4.42 Å². The summed E-state index contributed by atoms with van der Waals surface area (Å²) in [5.74, 6) is 0.658. The molecule has 4 nitrogen and oxygen atoms in total. The Labute approximate surface area is 89.6 Å². The molecule has 0 aromatic carbocycles. The molecule has 0 aliphatic rings.